The van der Waals surface area contributed by atoms with Gasteiger partial charge in [0.05, 0.1) is 44.1 Å². The number of sulfonamides is 1. The lowest BCUT2D eigenvalue weighted by molar-refractivity contribution is -0.138. The van der Waals surface area contributed by atoms with E-state index in [-0.39, 0.29) is 51.5 Å². The van der Waals surface area contributed by atoms with Crippen molar-refractivity contribution < 1.29 is 37.3 Å². The molecule has 2 heterocycles. The molecule has 3 atom stereocenters. The molecule has 0 bridgehead atoms. The van der Waals surface area contributed by atoms with Crippen molar-refractivity contribution in [3.05, 3.63) is 76.8 Å². The fraction of sp³-hybridized carbons (Fsp3) is 0.333. The Hall–Kier alpha value is -3.84. The molecule has 0 unspecified atom stereocenters. The molecule has 0 spiro atoms. The Labute approximate surface area is 255 Å². The Morgan fingerprint density at radius 2 is 1.63 bits per heavy atom. The minimum atomic E-state index is -4.59. The summed E-state index contributed by atoms with van der Waals surface area (Å²) >= 11 is 6.51. The number of likely N-dealkylation sites (N-methyl/N-ethyl adjacent to an activating group) is 1. The first-order chi connectivity index (χ1) is 20.4. The fourth-order valence-corrected chi connectivity index (χ4v) is 7.67. The lowest BCUT2D eigenvalue weighted by Gasteiger charge is -2.42. The second kappa shape index (κ2) is 11.3. The quantitative estimate of drug-likeness (QED) is 0.400. The topological polar surface area (TPSA) is 126 Å². The van der Waals surface area contributed by atoms with Crippen LogP contribution in [0.4, 0.5) is 5.69 Å². The number of carbonyl (C=O) groups is 2. The summed E-state index contributed by atoms with van der Waals surface area (Å²) in [6.45, 7) is -0.107. The van der Waals surface area contributed by atoms with Crippen molar-refractivity contribution in [3.8, 4) is 17.2 Å². The van der Waals surface area contributed by atoms with Crippen molar-refractivity contribution in [1.82, 2.24) is 9.80 Å². The summed E-state index contributed by atoms with van der Waals surface area (Å²) in [6.07, 6.45) is -0.952. The van der Waals surface area contributed by atoms with Gasteiger partial charge in [0.25, 0.3) is 15.9 Å². The maximum absolute atomic E-state index is 15.1. The first-order valence-corrected chi connectivity index (χ1v) is 15.2. The molecule has 0 radical (unpaired) electrons. The van der Waals surface area contributed by atoms with E-state index in [0.717, 1.165) is 4.31 Å². The van der Waals surface area contributed by atoms with Crippen LogP contribution in [0.3, 0.4) is 0 Å². The van der Waals surface area contributed by atoms with E-state index in [1.54, 1.807) is 43.3 Å². The molecule has 1 saturated heterocycles. The zero-order chi connectivity index (χ0) is 31.3. The molecule has 5 rings (SSSR count). The number of ether oxygens (including phenoxy) is 3. The number of aliphatic hydroxyl groups excluding tert-OH is 1. The highest BCUT2D eigenvalue weighted by atomic mass is 35.5. The molecule has 2 aliphatic rings. The highest BCUT2D eigenvalue weighted by Gasteiger charge is 2.63. The van der Waals surface area contributed by atoms with Crippen LogP contribution in [-0.2, 0) is 25.2 Å². The van der Waals surface area contributed by atoms with Crippen LogP contribution < -0.4 is 18.5 Å². The number of nitrogens with zero attached hydrogens (tertiary/aromatic N) is 3. The van der Waals surface area contributed by atoms with E-state index in [1.165, 1.54) is 62.6 Å². The summed E-state index contributed by atoms with van der Waals surface area (Å²) in [6, 6.07) is 14.2. The van der Waals surface area contributed by atoms with E-state index < -0.39 is 33.6 Å². The Balaban J connectivity index is 1.85. The lowest BCUT2D eigenvalue weighted by atomic mass is 9.80. The van der Waals surface area contributed by atoms with Crippen LogP contribution in [0, 0.1) is 0 Å². The number of likely N-dealkylation sites (tertiary alicyclic amines) is 1. The number of benzene rings is 3. The van der Waals surface area contributed by atoms with Crippen LogP contribution in [0.5, 0.6) is 17.2 Å². The lowest BCUT2D eigenvalue weighted by Crippen LogP contribution is -2.59. The van der Waals surface area contributed by atoms with E-state index in [1.807, 2.05) is 0 Å². The molecule has 0 aliphatic carbocycles. The Morgan fingerprint density at radius 1 is 0.953 bits per heavy atom. The summed E-state index contributed by atoms with van der Waals surface area (Å²) in [7, 11) is 2.81. The number of anilines is 1. The second-order valence-electron chi connectivity index (χ2n) is 10.5. The van der Waals surface area contributed by atoms with Gasteiger partial charge in [-0.3, -0.25) is 14.5 Å². The molecular formula is C30H32ClN3O8S. The number of aliphatic hydroxyl groups is 1. The van der Waals surface area contributed by atoms with Gasteiger partial charge in [0.15, 0.2) is 17.0 Å². The Kier molecular flexibility index (Phi) is 8.07. The van der Waals surface area contributed by atoms with Crippen LogP contribution in [-0.4, -0.2) is 89.3 Å². The zero-order valence-electron chi connectivity index (χ0n) is 24.3. The number of amides is 2. The number of carbonyl (C=O) groups excluding carboxylic acids is 2. The first-order valence-electron chi connectivity index (χ1n) is 13.3. The number of rotatable bonds is 8. The molecule has 0 aromatic heterocycles. The maximum Gasteiger partial charge on any atom is 0.271 e. The molecule has 13 heteroatoms. The minimum Gasteiger partial charge on any atom is -0.496 e. The van der Waals surface area contributed by atoms with Gasteiger partial charge in [0.1, 0.15) is 5.75 Å². The first kappa shape index (κ1) is 30.6. The number of para-hydroxylation sites is 1. The van der Waals surface area contributed by atoms with Crippen LogP contribution in [0.2, 0.25) is 5.02 Å². The third-order valence-electron chi connectivity index (χ3n) is 7.89. The number of hydrogen-bond donors (Lipinski definition) is 1. The third-order valence-corrected chi connectivity index (χ3v) is 9.81. The normalized spacial score (nSPS) is 21.9. The van der Waals surface area contributed by atoms with Gasteiger partial charge in [-0.05, 0) is 42.8 Å². The smallest absolute Gasteiger partial charge is 0.271 e. The highest BCUT2D eigenvalue weighted by Crippen LogP contribution is 2.55. The standard InChI is InChI=1S/C30H32ClN3O8S/c1-32(2)28(36)24-15-19(35)17-33(24)30(21-8-6-7-9-25(21)40-3)22-14-18(31)10-12-23(22)34(29(30)37)43(38,39)20-11-13-26(41-4)27(16-20)42-5/h6-14,16,19,24,35H,15,17H2,1-5H3/t19-,24+,30+/m1/s1. The number of hydrogen-bond acceptors (Lipinski definition) is 9. The molecule has 1 N–H and O–H groups in total. The van der Waals surface area contributed by atoms with Crippen molar-refractivity contribution in [2.24, 2.45) is 0 Å². The van der Waals surface area contributed by atoms with E-state index in [9.17, 15) is 18.3 Å². The molecule has 43 heavy (non-hydrogen) atoms. The summed E-state index contributed by atoms with van der Waals surface area (Å²) in [5.74, 6) is -0.495. The summed E-state index contributed by atoms with van der Waals surface area (Å²) in [4.78, 5) is 31.4. The molecule has 228 valence electrons. The van der Waals surface area contributed by atoms with Gasteiger partial charge >= 0.3 is 0 Å². The SMILES string of the molecule is COc1ccc(S(=O)(=O)N2C(=O)[C@@](c3ccccc3OC)(N3C[C@H](O)C[C@H]3C(=O)N(C)C)c3cc(Cl)ccc32)cc1OC. The summed E-state index contributed by atoms with van der Waals surface area (Å²) in [5.41, 5.74) is -1.36. The van der Waals surface area contributed by atoms with Crippen molar-refractivity contribution in [1.29, 1.82) is 0 Å². The molecule has 2 aliphatic heterocycles. The van der Waals surface area contributed by atoms with Crippen molar-refractivity contribution >= 4 is 39.1 Å². The van der Waals surface area contributed by atoms with Gasteiger partial charge in [0, 0.05) is 42.9 Å². The average Bonchev–Trinajstić information content (AvgIpc) is 3.50. The summed E-state index contributed by atoms with van der Waals surface area (Å²) in [5, 5.41) is 11.2. The Bertz CT molecular complexity index is 1700. The molecule has 2 amide bonds. The summed E-state index contributed by atoms with van der Waals surface area (Å²) < 4.78 is 45.9. The minimum absolute atomic E-state index is 0.0273. The molecule has 3 aromatic rings. The monoisotopic (exact) mass is 629 g/mol. The van der Waals surface area contributed by atoms with Crippen LogP contribution in [0.25, 0.3) is 0 Å². The molecule has 0 saturated carbocycles. The molecular weight excluding hydrogens is 598 g/mol. The molecule has 3 aromatic carbocycles. The van der Waals surface area contributed by atoms with Gasteiger partial charge in [-0.15, -0.1) is 0 Å². The fourth-order valence-electron chi connectivity index (χ4n) is 6.02. The zero-order valence-corrected chi connectivity index (χ0v) is 25.8. The van der Waals surface area contributed by atoms with Gasteiger partial charge in [-0.25, -0.2) is 12.7 Å². The highest BCUT2D eigenvalue weighted by molar-refractivity contribution is 7.93. The van der Waals surface area contributed by atoms with Crippen molar-refractivity contribution in [2.75, 3.05) is 46.3 Å². The van der Waals surface area contributed by atoms with Crippen molar-refractivity contribution in [2.45, 2.75) is 29.0 Å². The van der Waals surface area contributed by atoms with Crippen molar-refractivity contribution in [3.63, 3.8) is 0 Å². The predicted molar refractivity (Wildman–Crippen MR) is 159 cm³/mol. The van der Waals surface area contributed by atoms with Gasteiger partial charge in [-0.2, -0.15) is 0 Å². The van der Waals surface area contributed by atoms with Gasteiger partial charge < -0.3 is 24.2 Å². The van der Waals surface area contributed by atoms with Crippen LogP contribution in [0.15, 0.2) is 65.6 Å². The van der Waals surface area contributed by atoms with E-state index in [2.05, 4.69) is 0 Å². The number of β-amino-alcohol motifs (C(OH)–C–C–N with tert-alkyl or cyclic N) is 1. The predicted octanol–water partition coefficient (Wildman–Crippen LogP) is 2.87. The van der Waals surface area contributed by atoms with E-state index >= 15 is 4.79 Å². The number of methoxy groups -OCH3 is 3. The Morgan fingerprint density at radius 3 is 2.28 bits per heavy atom. The van der Waals surface area contributed by atoms with E-state index in [0.29, 0.717) is 11.3 Å². The van der Waals surface area contributed by atoms with E-state index in [4.69, 9.17) is 25.8 Å². The van der Waals surface area contributed by atoms with Gasteiger partial charge in [-0.1, -0.05) is 29.8 Å². The third kappa shape index (κ3) is 4.69. The van der Waals surface area contributed by atoms with Crippen LogP contribution >= 0.6 is 11.6 Å². The molecule has 1 fully saturated rings. The largest absolute Gasteiger partial charge is 0.496 e. The number of halogens is 1. The van der Waals surface area contributed by atoms with Gasteiger partial charge in [0.2, 0.25) is 5.91 Å². The average molecular weight is 630 g/mol. The maximum atomic E-state index is 15.1. The second-order valence-corrected chi connectivity index (χ2v) is 12.7. The molecule has 11 nitrogen and oxygen atoms in total. The number of fused-ring (bicyclic) bond motifs is 1. The van der Waals surface area contributed by atoms with Crippen LogP contribution in [0.1, 0.15) is 17.5 Å².